The van der Waals surface area contributed by atoms with Crippen LogP contribution in [0.3, 0.4) is 0 Å². The van der Waals surface area contributed by atoms with Crippen molar-refractivity contribution in [2.45, 2.75) is 20.5 Å². The molecule has 3 aromatic carbocycles. The Morgan fingerprint density at radius 1 is 0.969 bits per heavy atom. The molecule has 32 heavy (non-hydrogen) atoms. The first-order chi connectivity index (χ1) is 15.6. The highest BCUT2D eigenvalue weighted by molar-refractivity contribution is 7.13. The zero-order valence-electron chi connectivity index (χ0n) is 17.8. The van der Waals surface area contributed by atoms with Gasteiger partial charge < -0.3 is 9.15 Å². The van der Waals surface area contributed by atoms with Gasteiger partial charge in [0, 0.05) is 22.4 Å². The van der Waals surface area contributed by atoms with Crippen LogP contribution in [0.2, 0.25) is 0 Å². The van der Waals surface area contributed by atoms with Crippen LogP contribution < -0.4 is 10.4 Å². The highest BCUT2D eigenvalue weighted by Gasteiger charge is 2.13. The van der Waals surface area contributed by atoms with E-state index in [0.29, 0.717) is 28.5 Å². The number of hydrogen-bond acceptors (Lipinski definition) is 5. The quantitative estimate of drug-likeness (QED) is 0.283. The number of thiazole rings is 1. The molecule has 2 aromatic heterocycles. The van der Waals surface area contributed by atoms with E-state index in [1.807, 2.05) is 53.9 Å². The fourth-order valence-corrected chi connectivity index (χ4v) is 4.42. The lowest BCUT2D eigenvalue weighted by Crippen LogP contribution is -2.03. The SMILES string of the molecule is Cc1ccc(C)c(COc2ccc3cc(-c4nc(-c5ccccc5)cs4)c(=O)oc3c2)c1. The molecule has 0 aliphatic heterocycles. The van der Waals surface area contributed by atoms with Gasteiger partial charge in [0.2, 0.25) is 0 Å². The normalized spacial score (nSPS) is 11.1. The second kappa shape index (κ2) is 8.44. The maximum atomic E-state index is 12.7. The maximum absolute atomic E-state index is 12.7. The van der Waals surface area contributed by atoms with Crippen molar-refractivity contribution in [2.24, 2.45) is 0 Å². The molecule has 0 bridgehead atoms. The minimum absolute atomic E-state index is 0.404. The van der Waals surface area contributed by atoms with Gasteiger partial charge in [0.25, 0.3) is 0 Å². The van der Waals surface area contributed by atoms with E-state index >= 15 is 0 Å². The van der Waals surface area contributed by atoms with Crippen LogP contribution in [0.1, 0.15) is 16.7 Å². The second-order valence-electron chi connectivity index (χ2n) is 7.77. The van der Waals surface area contributed by atoms with Crippen molar-refractivity contribution >= 4 is 22.3 Å². The van der Waals surface area contributed by atoms with Gasteiger partial charge in [-0.05, 0) is 43.2 Å². The molecule has 0 amide bonds. The number of aryl methyl sites for hydroxylation is 2. The molecular weight excluding hydrogens is 418 g/mol. The summed E-state index contributed by atoms with van der Waals surface area (Å²) < 4.78 is 11.6. The van der Waals surface area contributed by atoms with Gasteiger partial charge in [0.1, 0.15) is 22.9 Å². The Morgan fingerprint density at radius 3 is 2.66 bits per heavy atom. The van der Waals surface area contributed by atoms with Gasteiger partial charge in [0.15, 0.2) is 0 Å². The Morgan fingerprint density at radius 2 is 1.81 bits per heavy atom. The number of benzene rings is 3. The van der Waals surface area contributed by atoms with E-state index in [0.717, 1.165) is 22.2 Å². The molecular formula is C27H21NO3S. The molecule has 0 aliphatic carbocycles. The molecule has 5 aromatic rings. The topological polar surface area (TPSA) is 52.3 Å². The van der Waals surface area contributed by atoms with Crippen molar-refractivity contribution in [3.8, 4) is 27.6 Å². The Balaban J connectivity index is 1.42. The average Bonchev–Trinajstić information content (AvgIpc) is 3.30. The predicted octanol–water partition coefficient (Wildman–Crippen LogP) is 6.78. The lowest BCUT2D eigenvalue weighted by atomic mass is 10.1. The Kier molecular flexibility index (Phi) is 5.33. The van der Waals surface area contributed by atoms with Gasteiger partial charge in [-0.25, -0.2) is 9.78 Å². The lowest BCUT2D eigenvalue weighted by molar-refractivity contribution is 0.305. The van der Waals surface area contributed by atoms with Crippen molar-refractivity contribution < 1.29 is 9.15 Å². The summed E-state index contributed by atoms with van der Waals surface area (Å²) in [5.41, 5.74) is 5.95. The van der Waals surface area contributed by atoms with E-state index in [2.05, 4.69) is 37.0 Å². The van der Waals surface area contributed by atoms with Crippen LogP contribution in [0.15, 0.2) is 87.4 Å². The fraction of sp³-hybridized carbons (Fsp3) is 0.111. The molecule has 0 N–H and O–H groups in total. The first-order valence-electron chi connectivity index (χ1n) is 10.3. The molecule has 0 atom stereocenters. The fourth-order valence-electron chi connectivity index (χ4n) is 3.59. The van der Waals surface area contributed by atoms with Crippen LogP contribution in [0.25, 0.3) is 32.8 Å². The molecule has 0 radical (unpaired) electrons. The van der Waals surface area contributed by atoms with Crippen molar-refractivity contribution in [3.63, 3.8) is 0 Å². The van der Waals surface area contributed by atoms with Crippen LogP contribution in [0.4, 0.5) is 0 Å². The average molecular weight is 440 g/mol. The van der Waals surface area contributed by atoms with E-state index in [1.165, 1.54) is 22.5 Å². The summed E-state index contributed by atoms with van der Waals surface area (Å²) in [6, 6.07) is 23.6. The van der Waals surface area contributed by atoms with Gasteiger partial charge in [-0.1, -0.05) is 54.1 Å². The molecule has 2 heterocycles. The smallest absolute Gasteiger partial charge is 0.346 e. The van der Waals surface area contributed by atoms with Crippen LogP contribution in [0.5, 0.6) is 5.75 Å². The van der Waals surface area contributed by atoms with Crippen molar-refractivity contribution in [1.82, 2.24) is 4.98 Å². The Labute approximate surface area is 189 Å². The highest BCUT2D eigenvalue weighted by atomic mass is 32.1. The summed E-state index contributed by atoms with van der Waals surface area (Å²) in [5.74, 6) is 0.662. The second-order valence-corrected chi connectivity index (χ2v) is 8.63. The number of fused-ring (bicyclic) bond motifs is 1. The summed E-state index contributed by atoms with van der Waals surface area (Å²) in [6.45, 7) is 4.60. The molecule has 0 fully saturated rings. The third-order valence-corrected chi connectivity index (χ3v) is 6.29. The number of hydrogen-bond donors (Lipinski definition) is 0. The van der Waals surface area contributed by atoms with E-state index in [1.54, 1.807) is 6.07 Å². The van der Waals surface area contributed by atoms with E-state index in [4.69, 9.17) is 9.15 Å². The van der Waals surface area contributed by atoms with Crippen molar-refractivity contribution in [3.05, 3.63) is 105 Å². The molecule has 0 aliphatic rings. The van der Waals surface area contributed by atoms with Gasteiger partial charge in [0.05, 0.1) is 11.3 Å². The van der Waals surface area contributed by atoms with Gasteiger partial charge >= 0.3 is 5.63 Å². The number of rotatable bonds is 5. The number of aromatic nitrogens is 1. The molecule has 0 saturated carbocycles. The third-order valence-electron chi connectivity index (χ3n) is 5.41. The first kappa shape index (κ1) is 20.2. The van der Waals surface area contributed by atoms with Gasteiger partial charge in [-0.15, -0.1) is 11.3 Å². The predicted molar refractivity (Wildman–Crippen MR) is 129 cm³/mol. The highest BCUT2D eigenvalue weighted by Crippen LogP contribution is 2.30. The largest absolute Gasteiger partial charge is 0.489 e. The van der Waals surface area contributed by atoms with Crippen molar-refractivity contribution in [2.75, 3.05) is 0 Å². The molecule has 4 nitrogen and oxygen atoms in total. The zero-order chi connectivity index (χ0) is 22.1. The summed E-state index contributed by atoms with van der Waals surface area (Å²) in [5, 5.41) is 3.43. The molecule has 5 heteroatoms. The molecule has 5 rings (SSSR count). The van der Waals surface area contributed by atoms with E-state index < -0.39 is 5.63 Å². The monoisotopic (exact) mass is 439 g/mol. The first-order valence-corrected chi connectivity index (χ1v) is 11.2. The Bertz CT molecular complexity index is 1470. The standard InChI is InChI=1S/C27H21NO3S/c1-17-8-9-18(2)21(12-17)15-30-22-11-10-20-13-23(27(29)31-25(20)14-22)26-28-24(16-32-26)19-6-4-3-5-7-19/h3-14,16H,15H2,1-2H3. The summed E-state index contributed by atoms with van der Waals surface area (Å²) in [4.78, 5) is 17.4. The van der Waals surface area contributed by atoms with Crippen LogP contribution in [-0.4, -0.2) is 4.98 Å². The molecule has 0 spiro atoms. The summed E-state index contributed by atoms with van der Waals surface area (Å²) in [7, 11) is 0. The van der Waals surface area contributed by atoms with Crippen LogP contribution in [0, 0.1) is 13.8 Å². The third kappa shape index (κ3) is 4.07. The minimum atomic E-state index is -0.404. The molecule has 0 saturated heterocycles. The van der Waals surface area contributed by atoms with Gasteiger partial charge in [-0.2, -0.15) is 0 Å². The van der Waals surface area contributed by atoms with Crippen molar-refractivity contribution in [1.29, 1.82) is 0 Å². The van der Waals surface area contributed by atoms with Crippen LogP contribution >= 0.6 is 11.3 Å². The lowest BCUT2D eigenvalue weighted by Gasteiger charge is -2.10. The maximum Gasteiger partial charge on any atom is 0.346 e. The minimum Gasteiger partial charge on any atom is -0.489 e. The number of nitrogens with zero attached hydrogens (tertiary/aromatic N) is 1. The van der Waals surface area contributed by atoms with Crippen LogP contribution in [-0.2, 0) is 6.61 Å². The van der Waals surface area contributed by atoms with Gasteiger partial charge in [-0.3, -0.25) is 0 Å². The summed E-state index contributed by atoms with van der Waals surface area (Å²) in [6.07, 6.45) is 0. The summed E-state index contributed by atoms with van der Waals surface area (Å²) >= 11 is 1.44. The molecule has 0 unspecified atom stereocenters. The van der Waals surface area contributed by atoms with E-state index in [-0.39, 0.29) is 0 Å². The zero-order valence-corrected chi connectivity index (χ0v) is 18.6. The Hall–Kier alpha value is -3.70. The van der Waals surface area contributed by atoms with E-state index in [9.17, 15) is 4.79 Å². The number of ether oxygens (including phenoxy) is 1. The molecule has 158 valence electrons.